The second-order valence-electron chi connectivity index (χ2n) is 4.38. The van der Waals surface area contributed by atoms with E-state index in [1.807, 2.05) is 6.07 Å². The molecular weight excluding hydrogens is 230 g/mol. The Kier molecular flexibility index (Phi) is 5.05. The molecule has 3 heteroatoms. The zero-order valence-electron chi connectivity index (χ0n) is 10.4. The number of thioether (sulfide) groups is 1. The molecule has 1 fully saturated rings. The molecule has 94 valence electrons. The van der Waals surface area contributed by atoms with Crippen molar-refractivity contribution in [2.75, 3.05) is 23.4 Å². The average molecular weight is 251 g/mol. The molecule has 0 radical (unpaired) electrons. The molecule has 0 amide bonds. The van der Waals surface area contributed by atoms with Crippen LogP contribution in [-0.2, 0) is 0 Å². The van der Waals surface area contributed by atoms with Gasteiger partial charge in [-0.15, -0.1) is 0 Å². The number of nitrogens with one attached hydrogen (secondary N) is 1. The minimum atomic E-state index is 0.614. The van der Waals surface area contributed by atoms with Crippen LogP contribution in [0.3, 0.4) is 0 Å². The Morgan fingerprint density at radius 3 is 2.82 bits per heavy atom. The summed E-state index contributed by atoms with van der Waals surface area (Å²) in [4.78, 5) is 0. The lowest BCUT2D eigenvalue weighted by atomic mass is 10.1. The highest BCUT2D eigenvalue weighted by molar-refractivity contribution is 7.99. The van der Waals surface area contributed by atoms with Gasteiger partial charge in [0.1, 0.15) is 5.75 Å². The van der Waals surface area contributed by atoms with Crippen molar-refractivity contribution in [1.82, 2.24) is 0 Å². The Morgan fingerprint density at radius 2 is 2.06 bits per heavy atom. The van der Waals surface area contributed by atoms with Crippen molar-refractivity contribution in [3.8, 4) is 5.75 Å². The van der Waals surface area contributed by atoms with Gasteiger partial charge in [0.2, 0.25) is 0 Å². The molecule has 0 saturated carbocycles. The van der Waals surface area contributed by atoms with Gasteiger partial charge in [0, 0.05) is 6.04 Å². The van der Waals surface area contributed by atoms with Crippen LogP contribution in [-0.4, -0.2) is 24.2 Å². The number of anilines is 1. The van der Waals surface area contributed by atoms with E-state index in [0.29, 0.717) is 6.04 Å². The van der Waals surface area contributed by atoms with Crippen molar-refractivity contribution >= 4 is 17.4 Å². The molecule has 2 rings (SSSR count). The summed E-state index contributed by atoms with van der Waals surface area (Å²) in [5.74, 6) is 3.54. The third-order valence-corrected chi connectivity index (χ3v) is 3.98. The fourth-order valence-corrected chi connectivity index (χ4v) is 3.09. The van der Waals surface area contributed by atoms with E-state index >= 15 is 0 Å². The first-order valence-electron chi connectivity index (χ1n) is 6.46. The van der Waals surface area contributed by atoms with E-state index in [1.54, 1.807) is 0 Å². The summed E-state index contributed by atoms with van der Waals surface area (Å²) >= 11 is 2.06. The number of para-hydroxylation sites is 2. The monoisotopic (exact) mass is 251 g/mol. The number of ether oxygens (including phenoxy) is 1. The molecule has 1 aliphatic rings. The van der Waals surface area contributed by atoms with Gasteiger partial charge in [-0.2, -0.15) is 11.8 Å². The predicted octanol–water partition coefficient (Wildman–Crippen LogP) is 3.78. The molecule has 1 saturated heterocycles. The Labute approximate surface area is 108 Å². The van der Waals surface area contributed by atoms with Crippen LogP contribution in [0.4, 0.5) is 5.69 Å². The first-order chi connectivity index (χ1) is 8.40. The van der Waals surface area contributed by atoms with Gasteiger partial charge in [0.15, 0.2) is 0 Å². The second-order valence-corrected chi connectivity index (χ2v) is 5.60. The van der Waals surface area contributed by atoms with Crippen molar-refractivity contribution in [2.45, 2.75) is 32.2 Å². The van der Waals surface area contributed by atoms with Crippen LogP contribution in [0, 0.1) is 0 Å². The molecule has 2 nitrogen and oxygen atoms in total. The van der Waals surface area contributed by atoms with E-state index in [0.717, 1.165) is 24.5 Å². The van der Waals surface area contributed by atoms with E-state index in [9.17, 15) is 0 Å². The lowest BCUT2D eigenvalue weighted by Crippen LogP contribution is -2.24. The van der Waals surface area contributed by atoms with E-state index in [-0.39, 0.29) is 0 Å². The number of hydrogen-bond acceptors (Lipinski definition) is 3. The molecule has 0 unspecified atom stereocenters. The highest BCUT2D eigenvalue weighted by Gasteiger charge is 2.14. The number of benzene rings is 1. The first-order valence-corrected chi connectivity index (χ1v) is 7.61. The van der Waals surface area contributed by atoms with Gasteiger partial charge < -0.3 is 10.1 Å². The van der Waals surface area contributed by atoms with E-state index in [4.69, 9.17) is 4.74 Å². The maximum atomic E-state index is 5.76. The fourth-order valence-electron chi connectivity index (χ4n) is 1.99. The third kappa shape index (κ3) is 3.84. The normalized spacial score (nSPS) is 16.8. The molecule has 1 heterocycles. The molecule has 0 bridgehead atoms. The topological polar surface area (TPSA) is 21.3 Å². The standard InChI is InChI=1S/C14H21NOS/c1-2-9-16-14-6-4-3-5-13(14)15-12-7-10-17-11-8-12/h3-6,12,15H,2,7-11H2,1H3. The van der Waals surface area contributed by atoms with Gasteiger partial charge in [-0.1, -0.05) is 19.1 Å². The summed E-state index contributed by atoms with van der Waals surface area (Å²) in [6, 6.07) is 8.89. The van der Waals surface area contributed by atoms with Crippen molar-refractivity contribution in [3.05, 3.63) is 24.3 Å². The summed E-state index contributed by atoms with van der Waals surface area (Å²) in [6.07, 6.45) is 3.56. The summed E-state index contributed by atoms with van der Waals surface area (Å²) in [5, 5.41) is 3.62. The van der Waals surface area contributed by atoms with E-state index in [2.05, 4.69) is 42.2 Å². The maximum absolute atomic E-state index is 5.76. The summed E-state index contributed by atoms with van der Waals surface area (Å²) in [5.41, 5.74) is 1.15. The minimum Gasteiger partial charge on any atom is -0.491 e. The van der Waals surface area contributed by atoms with Gasteiger partial charge in [-0.25, -0.2) is 0 Å². The van der Waals surface area contributed by atoms with Crippen LogP contribution in [0.15, 0.2) is 24.3 Å². The molecule has 17 heavy (non-hydrogen) atoms. The number of rotatable bonds is 5. The van der Waals surface area contributed by atoms with Crippen molar-refractivity contribution in [3.63, 3.8) is 0 Å². The second kappa shape index (κ2) is 6.80. The lowest BCUT2D eigenvalue weighted by molar-refractivity contribution is 0.318. The Hall–Kier alpha value is -0.830. The molecule has 0 spiro atoms. The quantitative estimate of drug-likeness (QED) is 0.860. The van der Waals surface area contributed by atoms with Crippen molar-refractivity contribution in [1.29, 1.82) is 0 Å². The molecule has 0 aromatic heterocycles. The Bertz CT molecular complexity index is 337. The lowest BCUT2D eigenvalue weighted by Gasteiger charge is -2.24. The molecule has 1 N–H and O–H groups in total. The number of hydrogen-bond donors (Lipinski definition) is 1. The first kappa shape index (κ1) is 12.6. The molecule has 1 aromatic carbocycles. The molecule has 0 aliphatic carbocycles. The Morgan fingerprint density at radius 1 is 1.29 bits per heavy atom. The van der Waals surface area contributed by atoms with E-state index in [1.165, 1.54) is 24.3 Å². The molecule has 1 aliphatic heterocycles. The largest absolute Gasteiger partial charge is 0.491 e. The Balaban J connectivity index is 1.98. The average Bonchev–Trinajstić information content (AvgIpc) is 2.39. The SMILES string of the molecule is CCCOc1ccccc1NC1CCSCC1. The zero-order valence-corrected chi connectivity index (χ0v) is 11.3. The predicted molar refractivity (Wildman–Crippen MR) is 76.2 cm³/mol. The van der Waals surface area contributed by atoms with Gasteiger partial charge in [-0.05, 0) is 42.9 Å². The van der Waals surface area contributed by atoms with Gasteiger partial charge >= 0.3 is 0 Å². The smallest absolute Gasteiger partial charge is 0.142 e. The van der Waals surface area contributed by atoms with Crippen molar-refractivity contribution in [2.24, 2.45) is 0 Å². The van der Waals surface area contributed by atoms with Crippen LogP contribution < -0.4 is 10.1 Å². The minimum absolute atomic E-state index is 0.614. The van der Waals surface area contributed by atoms with Crippen LogP contribution in [0.1, 0.15) is 26.2 Å². The summed E-state index contributed by atoms with van der Waals surface area (Å²) in [7, 11) is 0. The fraction of sp³-hybridized carbons (Fsp3) is 0.571. The van der Waals surface area contributed by atoms with Crippen LogP contribution in [0.25, 0.3) is 0 Å². The summed E-state index contributed by atoms with van der Waals surface area (Å²) < 4.78 is 5.76. The highest BCUT2D eigenvalue weighted by Crippen LogP contribution is 2.27. The van der Waals surface area contributed by atoms with Crippen LogP contribution in [0.5, 0.6) is 5.75 Å². The van der Waals surface area contributed by atoms with Crippen molar-refractivity contribution < 1.29 is 4.74 Å². The third-order valence-electron chi connectivity index (χ3n) is 2.93. The van der Waals surface area contributed by atoms with Gasteiger partial charge in [0.25, 0.3) is 0 Å². The summed E-state index contributed by atoms with van der Waals surface area (Å²) in [6.45, 7) is 2.92. The molecular formula is C14H21NOS. The van der Waals surface area contributed by atoms with E-state index < -0.39 is 0 Å². The van der Waals surface area contributed by atoms with Gasteiger partial charge in [-0.3, -0.25) is 0 Å². The zero-order chi connectivity index (χ0) is 11.9. The van der Waals surface area contributed by atoms with Crippen LogP contribution >= 0.6 is 11.8 Å². The molecule has 0 atom stereocenters. The van der Waals surface area contributed by atoms with Gasteiger partial charge in [0.05, 0.1) is 12.3 Å². The van der Waals surface area contributed by atoms with Crippen LogP contribution in [0.2, 0.25) is 0 Å². The highest BCUT2D eigenvalue weighted by atomic mass is 32.2. The maximum Gasteiger partial charge on any atom is 0.142 e. The molecule has 1 aromatic rings.